The number of thiazole rings is 1. The molecule has 9 heteroatoms. The molecule has 0 bridgehead atoms. The normalized spacial score (nSPS) is 15.0. The molecule has 1 fully saturated rings. The van der Waals surface area contributed by atoms with Crippen LogP contribution in [0.2, 0.25) is 0 Å². The summed E-state index contributed by atoms with van der Waals surface area (Å²) < 4.78 is 5.19. The van der Waals surface area contributed by atoms with Gasteiger partial charge < -0.3 is 19.5 Å². The van der Waals surface area contributed by atoms with Crippen LogP contribution >= 0.6 is 35.3 Å². The number of rotatable bonds is 3. The van der Waals surface area contributed by atoms with E-state index in [9.17, 15) is 4.79 Å². The van der Waals surface area contributed by atoms with Gasteiger partial charge >= 0.3 is 0 Å². The number of furan rings is 1. The fourth-order valence-electron chi connectivity index (χ4n) is 2.65. The van der Waals surface area contributed by atoms with E-state index in [4.69, 9.17) is 4.42 Å². The molecule has 3 rings (SSSR count). The quantitative estimate of drug-likeness (QED) is 0.419. The molecule has 1 saturated heterocycles. The van der Waals surface area contributed by atoms with Crippen LogP contribution in [-0.2, 0) is 6.54 Å². The summed E-state index contributed by atoms with van der Waals surface area (Å²) in [7, 11) is 1.77. The zero-order valence-corrected chi connectivity index (χ0v) is 17.4. The Balaban J connectivity index is 0.00000225. The molecule has 7 nitrogen and oxygen atoms in total. The lowest BCUT2D eigenvalue weighted by Gasteiger charge is -2.36. The number of aliphatic imine (C=N–C) groups is 1. The first-order chi connectivity index (χ1) is 11.7. The van der Waals surface area contributed by atoms with Crippen LogP contribution in [0.3, 0.4) is 0 Å². The second kappa shape index (κ2) is 9.18. The van der Waals surface area contributed by atoms with Crippen molar-refractivity contribution >= 4 is 47.2 Å². The number of carbonyl (C=O) groups is 1. The molecule has 1 aliphatic rings. The number of amides is 1. The first kappa shape index (κ1) is 19.7. The van der Waals surface area contributed by atoms with E-state index in [2.05, 4.69) is 20.2 Å². The maximum absolute atomic E-state index is 12.3. The van der Waals surface area contributed by atoms with Gasteiger partial charge in [0.1, 0.15) is 5.01 Å². The van der Waals surface area contributed by atoms with Crippen LogP contribution in [-0.4, -0.2) is 59.9 Å². The fourth-order valence-corrected chi connectivity index (χ4v) is 3.36. The van der Waals surface area contributed by atoms with Crippen molar-refractivity contribution in [1.29, 1.82) is 0 Å². The Kier molecular flexibility index (Phi) is 7.24. The number of aromatic nitrogens is 1. The SMILES string of the molecule is CN=C(NCc1nc(C)cs1)N1CCN(C(=O)c2ccco2)CC1.I. The second-order valence-corrected chi connectivity index (χ2v) is 6.48. The number of halogens is 1. The average molecular weight is 475 g/mol. The molecule has 0 unspecified atom stereocenters. The van der Waals surface area contributed by atoms with E-state index in [0.29, 0.717) is 25.4 Å². The minimum Gasteiger partial charge on any atom is -0.459 e. The molecule has 2 aromatic rings. The summed E-state index contributed by atoms with van der Waals surface area (Å²) in [4.78, 5) is 25.0. The monoisotopic (exact) mass is 475 g/mol. The molecule has 0 saturated carbocycles. The van der Waals surface area contributed by atoms with E-state index in [1.54, 1.807) is 30.5 Å². The Hall–Kier alpha value is -1.62. The highest BCUT2D eigenvalue weighted by Crippen LogP contribution is 2.11. The van der Waals surface area contributed by atoms with Gasteiger partial charge in [0.15, 0.2) is 11.7 Å². The smallest absolute Gasteiger partial charge is 0.289 e. The van der Waals surface area contributed by atoms with Crippen molar-refractivity contribution in [3.05, 3.63) is 40.2 Å². The third kappa shape index (κ3) is 4.94. The van der Waals surface area contributed by atoms with Crippen molar-refractivity contribution in [2.75, 3.05) is 33.2 Å². The molecule has 0 aliphatic carbocycles. The summed E-state index contributed by atoms with van der Waals surface area (Å²) in [5.74, 6) is 1.18. The van der Waals surface area contributed by atoms with Crippen molar-refractivity contribution in [2.45, 2.75) is 13.5 Å². The first-order valence-corrected chi connectivity index (χ1v) is 8.74. The van der Waals surface area contributed by atoms with E-state index < -0.39 is 0 Å². The van der Waals surface area contributed by atoms with Gasteiger partial charge in [-0.2, -0.15) is 0 Å². The van der Waals surface area contributed by atoms with Crippen molar-refractivity contribution in [3.8, 4) is 0 Å². The van der Waals surface area contributed by atoms with Gasteiger partial charge in [-0.3, -0.25) is 9.79 Å². The van der Waals surface area contributed by atoms with E-state index in [-0.39, 0.29) is 29.9 Å². The molecule has 0 radical (unpaired) electrons. The number of nitrogens with one attached hydrogen (secondary N) is 1. The first-order valence-electron chi connectivity index (χ1n) is 7.87. The zero-order valence-electron chi connectivity index (χ0n) is 14.3. The highest BCUT2D eigenvalue weighted by atomic mass is 127. The van der Waals surface area contributed by atoms with Crippen molar-refractivity contribution < 1.29 is 9.21 Å². The van der Waals surface area contributed by atoms with E-state index in [0.717, 1.165) is 29.8 Å². The molecule has 25 heavy (non-hydrogen) atoms. The maximum atomic E-state index is 12.3. The van der Waals surface area contributed by atoms with Gasteiger partial charge in [-0.25, -0.2) is 4.98 Å². The van der Waals surface area contributed by atoms with Crippen LogP contribution < -0.4 is 5.32 Å². The summed E-state index contributed by atoms with van der Waals surface area (Å²) in [5.41, 5.74) is 1.04. The highest BCUT2D eigenvalue weighted by molar-refractivity contribution is 14.0. The molecule has 0 aromatic carbocycles. The molecule has 136 valence electrons. The molecular weight excluding hydrogens is 453 g/mol. The van der Waals surface area contributed by atoms with Gasteiger partial charge in [0.2, 0.25) is 0 Å². The molecule has 1 amide bonds. The summed E-state index contributed by atoms with van der Waals surface area (Å²) in [6, 6.07) is 3.43. The van der Waals surface area contributed by atoms with E-state index in [1.165, 1.54) is 6.26 Å². The maximum Gasteiger partial charge on any atom is 0.289 e. The number of piperazine rings is 1. The van der Waals surface area contributed by atoms with E-state index in [1.807, 2.05) is 17.2 Å². The van der Waals surface area contributed by atoms with Gasteiger partial charge in [-0.05, 0) is 19.1 Å². The Bertz CT molecular complexity index is 708. The number of guanidine groups is 1. The lowest BCUT2D eigenvalue weighted by Crippen LogP contribution is -2.53. The Morgan fingerprint density at radius 3 is 2.64 bits per heavy atom. The summed E-state index contributed by atoms with van der Waals surface area (Å²) >= 11 is 1.64. The fraction of sp³-hybridized carbons (Fsp3) is 0.438. The number of hydrogen-bond donors (Lipinski definition) is 1. The number of hydrogen-bond acceptors (Lipinski definition) is 5. The van der Waals surface area contributed by atoms with E-state index >= 15 is 0 Å². The predicted octanol–water partition coefficient (Wildman–Crippen LogP) is 2.20. The molecule has 1 N–H and O–H groups in total. The Morgan fingerprint density at radius 2 is 2.08 bits per heavy atom. The third-order valence-electron chi connectivity index (χ3n) is 3.87. The van der Waals surface area contributed by atoms with Gasteiger partial charge in [-0.1, -0.05) is 0 Å². The van der Waals surface area contributed by atoms with Crippen LogP contribution in [0, 0.1) is 6.92 Å². The van der Waals surface area contributed by atoms with Crippen molar-refractivity contribution in [3.63, 3.8) is 0 Å². The second-order valence-electron chi connectivity index (χ2n) is 5.54. The van der Waals surface area contributed by atoms with Crippen LogP contribution in [0.1, 0.15) is 21.3 Å². The Morgan fingerprint density at radius 1 is 1.36 bits per heavy atom. The summed E-state index contributed by atoms with van der Waals surface area (Å²) in [6.07, 6.45) is 1.52. The highest BCUT2D eigenvalue weighted by Gasteiger charge is 2.25. The molecule has 2 aromatic heterocycles. The predicted molar refractivity (Wildman–Crippen MR) is 109 cm³/mol. The minimum absolute atomic E-state index is 0. The van der Waals surface area contributed by atoms with Crippen molar-refractivity contribution in [2.24, 2.45) is 4.99 Å². The molecule has 1 aliphatic heterocycles. The molecule has 3 heterocycles. The lowest BCUT2D eigenvalue weighted by atomic mass is 10.3. The topological polar surface area (TPSA) is 74.0 Å². The summed E-state index contributed by atoms with van der Waals surface area (Å²) in [6.45, 7) is 5.43. The summed E-state index contributed by atoms with van der Waals surface area (Å²) in [5, 5.41) is 6.42. The third-order valence-corrected chi connectivity index (χ3v) is 4.84. The van der Waals surface area contributed by atoms with Crippen molar-refractivity contribution in [1.82, 2.24) is 20.1 Å². The minimum atomic E-state index is -0.0548. The van der Waals surface area contributed by atoms with Crippen LogP contribution in [0.25, 0.3) is 0 Å². The largest absolute Gasteiger partial charge is 0.459 e. The lowest BCUT2D eigenvalue weighted by molar-refractivity contribution is 0.0657. The van der Waals surface area contributed by atoms with Gasteiger partial charge in [0.25, 0.3) is 5.91 Å². The standard InChI is InChI=1S/C16H21N5O2S.HI/c1-12-11-24-14(19-12)10-18-16(17-2)21-7-5-20(6-8-21)15(22)13-4-3-9-23-13;/h3-4,9,11H,5-8,10H2,1-2H3,(H,17,18);1H. The number of carbonyl (C=O) groups excluding carboxylic acids is 1. The average Bonchev–Trinajstić information content (AvgIpc) is 3.27. The molecule has 0 atom stereocenters. The number of nitrogens with zero attached hydrogens (tertiary/aromatic N) is 4. The van der Waals surface area contributed by atoms with Crippen LogP contribution in [0.5, 0.6) is 0 Å². The Labute approximate surface area is 168 Å². The van der Waals surface area contributed by atoms with Crippen LogP contribution in [0.15, 0.2) is 33.2 Å². The molecular formula is C16H22IN5O2S. The number of aryl methyl sites for hydroxylation is 1. The van der Waals surface area contributed by atoms with Gasteiger partial charge in [-0.15, -0.1) is 35.3 Å². The zero-order chi connectivity index (χ0) is 16.9. The van der Waals surface area contributed by atoms with Crippen LogP contribution in [0.4, 0.5) is 0 Å². The van der Waals surface area contributed by atoms with Gasteiger partial charge in [0.05, 0.1) is 12.8 Å². The molecule has 0 spiro atoms. The van der Waals surface area contributed by atoms with Gasteiger partial charge in [0, 0.05) is 44.3 Å².